The zero-order chi connectivity index (χ0) is 14.2. The molecule has 2 N–H and O–H groups in total. The lowest BCUT2D eigenvalue weighted by Gasteiger charge is -2.06. The summed E-state index contributed by atoms with van der Waals surface area (Å²) >= 11 is 0. The largest absolute Gasteiger partial charge is 0.311 e. The Balaban J connectivity index is 1.94. The quantitative estimate of drug-likeness (QED) is 0.843. The molecule has 1 aromatic carbocycles. The molecular formula is C16H19N3O. The minimum absolute atomic E-state index is 0.0831. The molecule has 0 aliphatic rings. The Morgan fingerprint density at radius 1 is 1.10 bits per heavy atom. The smallest absolute Gasteiger partial charge is 0.239 e. The number of nitrogens with one attached hydrogen (secondary N) is 2. The molecule has 0 aliphatic heterocycles. The van der Waals surface area contributed by atoms with Gasteiger partial charge in [0.1, 0.15) is 5.82 Å². The second-order valence-corrected chi connectivity index (χ2v) is 4.61. The Labute approximate surface area is 119 Å². The van der Waals surface area contributed by atoms with Crippen molar-refractivity contribution in [1.82, 2.24) is 10.3 Å². The fourth-order valence-electron chi connectivity index (χ4n) is 1.98. The van der Waals surface area contributed by atoms with E-state index in [0.29, 0.717) is 5.82 Å². The predicted molar refractivity (Wildman–Crippen MR) is 80.6 cm³/mol. The zero-order valence-corrected chi connectivity index (χ0v) is 11.6. The van der Waals surface area contributed by atoms with Crippen LogP contribution < -0.4 is 10.6 Å². The van der Waals surface area contributed by atoms with E-state index >= 15 is 0 Å². The molecule has 4 nitrogen and oxygen atoms in total. The molecule has 0 unspecified atom stereocenters. The maximum atomic E-state index is 11.5. The number of aromatic nitrogens is 1. The molecule has 0 saturated carbocycles. The van der Waals surface area contributed by atoms with Crippen LogP contribution >= 0.6 is 0 Å². The first-order valence-corrected chi connectivity index (χ1v) is 6.71. The van der Waals surface area contributed by atoms with Gasteiger partial charge in [0, 0.05) is 6.20 Å². The van der Waals surface area contributed by atoms with Gasteiger partial charge >= 0.3 is 0 Å². The van der Waals surface area contributed by atoms with Crippen LogP contribution in [-0.4, -0.2) is 24.5 Å². The molecule has 2 rings (SSSR count). The van der Waals surface area contributed by atoms with E-state index in [9.17, 15) is 4.79 Å². The number of hydrogen-bond donors (Lipinski definition) is 2. The summed E-state index contributed by atoms with van der Waals surface area (Å²) in [5.41, 5.74) is 2.48. The third-order valence-corrected chi connectivity index (χ3v) is 2.97. The lowest BCUT2D eigenvalue weighted by atomic mass is 10.1. The number of carbonyl (C=O) groups is 1. The SMILES string of the molecule is CNCC(=O)Nc1cc(CCc2ccccc2)ccn1. The summed E-state index contributed by atoms with van der Waals surface area (Å²) in [7, 11) is 1.74. The molecule has 0 fully saturated rings. The van der Waals surface area contributed by atoms with E-state index in [1.54, 1.807) is 13.2 Å². The number of aryl methyl sites for hydroxylation is 2. The van der Waals surface area contributed by atoms with Gasteiger partial charge in [0.15, 0.2) is 0 Å². The molecule has 20 heavy (non-hydrogen) atoms. The summed E-state index contributed by atoms with van der Waals surface area (Å²) < 4.78 is 0. The minimum Gasteiger partial charge on any atom is -0.311 e. The highest BCUT2D eigenvalue weighted by Gasteiger charge is 2.03. The number of hydrogen-bond acceptors (Lipinski definition) is 3. The van der Waals surface area contributed by atoms with E-state index in [0.717, 1.165) is 12.8 Å². The van der Waals surface area contributed by atoms with Crippen molar-refractivity contribution < 1.29 is 4.79 Å². The number of nitrogens with zero attached hydrogens (tertiary/aromatic N) is 1. The standard InChI is InChI=1S/C16H19N3O/c1-17-12-16(20)19-15-11-14(9-10-18-15)8-7-13-5-3-2-4-6-13/h2-6,9-11,17H,7-8,12H2,1H3,(H,18,19,20). The number of anilines is 1. The molecule has 2 aromatic rings. The first kappa shape index (κ1) is 14.2. The summed E-state index contributed by atoms with van der Waals surface area (Å²) in [5.74, 6) is 0.524. The van der Waals surface area contributed by atoms with Crippen LogP contribution in [0.5, 0.6) is 0 Å². The molecule has 0 atom stereocenters. The predicted octanol–water partition coefficient (Wildman–Crippen LogP) is 2.02. The molecule has 1 heterocycles. The number of rotatable bonds is 6. The van der Waals surface area contributed by atoms with Gasteiger partial charge in [0.05, 0.1) is 6.54 Å². The van der Waals surface area contributed by atoms with E-state index in [1.807, 2.05) is 30.3 Å². The highest BCUT2D eigenvalue weighted by molar-refractivity contribution is 5.91. The van der Waals surface area contributed by atoms with Gasteiger partial charge in [-0.1, -0.05) is 30.3 Å². The van der Waals surface area contributed by atoms with Crippen molar-refractivity contribution in [3.63, 3.8) is 0 Å². The van der Waals surface area contributed by atoms with Gasteiger partial charge in [-0.25, -0.2) is 4.98 Å². The van der Waals surface area contributed by atoms with Crippen molar-refractivity contribution in [2.45, 2.75) is 12.8 Å². The maximum Gasteiger partial charge on any atom is 0.239 e. The minimum atomic E-state index is -0.0831. The fraction of sp³-hybridized carbons (Fsp3) is 0.250. The summed E-state index contributed by atoms with van der Waals surface area (Å²) in [4.78, 5) is 15.6. The molecule has 0 spiro atoms. The Morgan fingerprint density at radius 2 is 1.85 bits per heavy atom. The topological polar surface area (TPSA) is 54.0 Å². The normalized spacial score (nSPS) is 10.2. The summed E-state index contributed by atoms with van der Waals surface area (Å²) in [5, 5.41) is 5.58. The van der Waals surface area contributed by atoms with Gasteiger partial charge in [-0.05, 0) is 43.1 Å². The number of amides is 1. The van der Waals surface area contributed by atoms with Gasteiger partial charge in [-0.15, -0.1) is 0 Å². The van der Waals surface area contributed by atoms with E-state index in [-0.39, 0.29) is 12.5 Å². The van der Waals surface area contributed by atoms with E-state index in [2.05, 4.69) is 27.8 Å². The van der Waals surface area contributed by atoms with Crippen LogP contribution in [0.3, 0.4) is 0 Å². The van der Waals surface area contributed by atoms with Gasteiger partial charge in [-0.3, -0.25) is 4.79 Å². The lowest BCUT2D eigenvalue weighted by molar-refractivity contribution is -0.115. The molecule has 1 aromatic heterocycles. The Kier molecular flexibility index (Phi) is 5.26. The van der Waals surface area contributed by atoms with Crippen LogP contribution in [0.1, 0.15) is 11.1 Å². The van der Waals surface area contributed by atoms with Crippen LogP contribution in [0.4, 0.5) is 5.82 Å². The van der Waals surface area contributed by atoms with Crippen LogP contribution in [0, 0.1) is 0 Å². The van der Waals surface area contributed by atoms with Crippen molar-refractivity contribution >= 4 is 11.7 Å². The molecular weight excluding hydrogens is 250 g/mol. The fourth-order valence-corrected chi connectivity index (χ4v) is 1.98. The van der Waals surface area contributed by atoms with Crippen LogP contribution in [0.2, 0.25) is 0 Å². The third kappa shape index (κ3) is 4.48. The van der Waals surface area contributed by atoms with Crippen molar-refractivity contribution in [3.05, 3.63) is 59.8 Å². The average Bonchev–Trinajstić information content (AvgIpc) is 2.47. The Hall–Kier alpha value is -2.20. The van der Waals surface area contributed by atoms with Crippen molar-refractivity contribution in [2.24, 2.45) is 0 Å². The lowest BCUT2D eigenvalue weighted by Crippen LogP contribution is -2.25. The van der Waals surface area contributed by atoms with E-state index in [1.165, 1.54) is 11.1 Å². The Bertz CT molecular complexity index is 555. The second-order valence-electron chi connectivity index (χ2n) is 4.61. The molecule has 0 radical (unpaired) electrons. The van der Waals surface area contributed by atoms with Crippen molar-refractivity contribution in [2.75, 3.05) is 18.9 Å². The second kappa shape index (κ2) is 7.40. The van der Waals surface area contributed by atoms with Crippen molar-refractivity contribution in [3.8, 4) is 0 Å². The molecule has 104 valence electrons. The number of benzene rings is 1. The molecule has 1 amide bonds. The van der Waals surface area contributed by atoms with Crippen molar-refractivity contribution in [1.29, 1.82) is 0 Å². The molecule has 0 aliphatic carbocycles. The van der Waals surface area contributed by atoms with Gasteiger partial charge in [0.2, 0.25) is 5.91 Å². The van der Waals surface area contributed by atoms with Gasteiger partial charge < -0.3 is 10.6 Å². The molecule has 0 saturated heterocycles. The molecule has 4 heteroatoms. The number of pyridine rings is 1. The summed E-state index contributed by atoms with van der Waals surface area (Å²) in [6, 6.07) is 14.3. The average molecular weight is 269 g/mol. The van der Waals surface area contributed by atoms with Crippen LogP contribution in [-0.2, 0) is 17.6 Å². The Morgan fingerprint density at radius 3 is 2.60 bits per heavy atom. The maximum absolute atomic E-state index is 11.5. The van der Waals surface area contributed by atoms with Crippen LogP contribution in [0.15, 0.2) is 48.7 Å². The van der Waals surface area contributed by atoms with Gasteiger partial charge in [0.25, 0.3) is 0 Å². The van der Waals surface area contributed by atoms with E-state index in [4.69, 9.17) is 0 Å². The first-order chi connectivity index (χ1) is 9.78. The number of likely N-dealkylation sites (N-methyl/N-ethyl adjacent to an activating group) is 1. The molecule has 0 bridgehead atoms. The zero-order valence-electron chi connectivity index (χ0n) is 11.6. The highest BCUT2D eigenvalue weighted by atomic mass is 16.1. The first-order valence-electron chi connectivity index (χ1n) is 6.71. The number of carbonyl (C=O) groups excluding carboxylic acids is 1. The monoisotopic (exact) mass is 269 g/mol. The third-order valence-electron chi connectivity index (χ3n) is 2.97. The highest BCUT2D eigenvalue weighted by Crippen LogP contribution is 2.10. The summed E-state index contributed by atoms with van der Waals surface area (Å²) in [6.07, 6.45) is 3.64. The summed E-state index contributed by atoms with van der Waals surface area (Å²) in [6.45, 7) is 0.288. The van der Waals surface area contributed by atoms with Crippen LogP contribution in [0.25, 0.3) is 0 Å². The van der Waals surface area contributed by atoms with Gasteiger partial charge in [-0.2, -0.15) is 0 Å². The van der Waals surface area contributed by atoms with E-state index < -0.39 is 0 Å².